The quantitative estimate of drug-likeness (QED) is 0.173. The van der Waals surface area contributed by atoms with Crippen molar-refractivity contribution in [1.82, 2.24) is 0 Å². The van der Waals surface area contributed by atoms with E-state index in [1.807, 2.05) is 18.2 Å². The van der Waals surface area contributed by atoms with E-state index in [2.05, 4.69) is 211 Å². The molecule has 0 saturated carbocycles. The van der Waals surface area contributed by atoms with Crippen molar-refractivity contribution in [2.24, 2.45) is 0 Å². The molecule has 64 heavy (non-hydrogen) atoms. The molecule has 1 spiro atoms. The van der Waals surface area contributed by atoms with E-state index in [0.717, 1.165) is 72.1 Å². The van der Waals surface area contributed by atoms with Crippen molar-refractivity contribution in [3.8, 4) is 44.5 Å². The van der Waals surface area contributed by atoms with Crippen molar-refractivity contribution in [2.45, 2.75) is 5.41 Å². The van der Waals surface area contributed by atoms with Gasteiger partial charge >= 0.3 is 0 Å². The minimum atomic E-state index is -0.484. The molecule has 0 fully saturated rings. The van der Waals surface area contributed by atoms with E-state index in [0.29, 0.717) is 0 Å². The number of nitrogens with zero attached hydrogens (tertiary/aromatic N) is 1. The number of furan rings is 2. The van der Waals surface area contributed by atoms with Crippen LogP contribution in [0.25, 0.3) is 88.4 Å². The Bertz CT molecular complexity index is 3780. The smallest absolute Gasteiger partial charge is 0.159 e. The molecule has 298 valence electrons. The van der Waals surface area contributed by atoms with Crippen molar-refractivity contribution in [3.63, 3.8) is 0 Å². The SMILES string of the molecule is c1ccc(-c2ccc(-c3cc(N(c4ccccc4)c4ccc5c(c4)C4(c6ccccc6-c6ccccc64)c4ccccc4-5)c4oc5ccc6oc7ccccc7c6c5c4c3)cc2)cc1. The summed E-state index contributed by atoms with van der Waals surface area (Å²) in [6.07, 6.45) is 0. The van der Waals surface area contributed by atoms with Crippen LogP contribution in [0.2, 0.25) is 0 Å². The number of hydrogen-bond donors (Lipinski definition) is 0. The molecule has 0 atom stereocenters. The van der Waals surface area contributed by atoms with Crippen molar-refractivity contribution in [1.29, 1.82) is 0 Å². The lowest BCUT2D eigenvalue weighted by molar-refractivity contribution is 0.663. The van der Waals surface area contributed by atoms with E-state index in [4.69, 9.17) is 8.83 Å². The van der Waals surface area contributed by atoms with E-state index in [1.165, 1.54) is 55.6 Å². The summed E-state index contributed by atoms with van der Waals surface area (Å²) >= 11 is 0. The molecule has 3 heteroatoms. The van der Waals surface area contributed by atoms with Gasteiger partial charge in [0.25, 0.3) is 0 Å². The molecule has 0 amide bonds. The van der Waals surface area contributed by atoms with Gasteiger partial charge in [-0.2, -0.15) is 0 Å². The second kappa shape index (κ2) is 13.3. The summed E-state index contributed by atoms with van der Waals surface area (Å²) in [6, 6.07) is 81.5. The first kappa shape index (κ1) is 35.2. The first-order chi connectivity index (χ1) is 31.7. The van der Waals surface area contributed by atoms with Crippen LogP contribution in [0, 0.1) is 0 Å². The van der Waals surface area contributed by atoms with Gasteiger partial charge in [-0.15, -0.1) is 0 Å². The number of fused-ring (bicyclic) bond motifs is 17. The van der Waals surface area contributed by atoms with Gasteiger partial charge in [0.05, 0.1) is 11.1 Å². The summed E-state index contributed by atoms with van der Waals surface area (Å²) in [5, 5.41) is 4.23. The fourth-order valence-electron chi connectivity index (χ4n) is 11.2. The number of rotatable bonds is 5. The van der Waals surface area contributed by atoms with Crippen LogP contribution < -0.4 is 4.90 Å². The van der Waals surface area contributed by atoms with Crippen LogP contribution in [0.5, 0.6) is 0 Å². The standard InChI is InChI=1S/C61H37NO2/c1-3-15-38(16-4-1)39-27-29-40(30-28-39)41-35-49-59-57(34-33-56-58(59)48-22-10-14-26-55(48)63-56)64-60(49)54(36-41)62(42-17-5-2-6-18-42)43-31-32-47-46-21-9-13-25-52(46)61(53(47)37-43)50-23-11-7-19-44(50)45-20-8-12-24-51(45)61/h1-37H. The van der Waals surface area contributed by atoms with Crippen molar-refractivity contribution in [3.05, 3.63) is 247 Å². The zero-order valence-corrected chi connectivity index (χ0v) is 34.6. The van der Waals surface area contributed by atoms with Gasteiger partial charge in [-0.05, 0) is 121 Å². The third-order valence-corrected chi connectivity index (χ3v) is 13.9. The molecular formula is C61H37NO2. The summed E-state index contributed by atoms with van der Waals surface area (Å²) in [7, 11) is 0. The highest BCUT2D eigenvalue weighted by atomic mass is 16.3. The molecule has 14 rings (SSSR count). The highest BCUT2D eigenvalue weighted by molar-refractivity contribution is 6.27. The molecule has 0 aliphatic heterocycles. The average molecular weight is 816 g/mol. The Balaban J connectivity index is 1.06. The summed E-state index contributed by atoms with van der Waals surface area (Å²) in [6.45, 7) is 0. The predicted molar refractivity (Wildman–Crippen MR) is 263 cm³/mol. The molecule has 2 aromatic heterocycles. The van der Waals surface area contributed by atoms with Crippen molar-refractivity contribution in [2.75, 3.05) is 4.90 Å². The summed E-state index contributed by atoms with van der Waals surface area (Å²) in [4.78, 5) is 2.40. The van der Waals surface area contributed by atoms with E-state index < -0.39 is 5.41 Å². The highest BCUT2D eigenvalue weighted by Gasteiger charge is 2.51. The topological polar surface area (TPSA) is 29.5 Å². The summed E-state index contributed by atoms with van der Waals surface area (Å²) in [5.41, 5.74) is 20.9. The Labute approximate surface area is 369 Å². The van der Waals surface area contributed by atoms with Crippen LogP contribution in [0.4, 0.5) is 17.1 Å². The minimum Gasteiger partial charge on any atom is -0.456 e. The van der Waals surface area contributed by atoms with Gasteiger partial charge in [0.15, 0.2) is 5.58 Å². The predicted octanol–water partition coefficient (Wildman–Crippen LogP) is 16.6. The van der Waals surface area contributed by atoms with Crippen molar-refractivity contribution < 1.29 is 8.83 Å². The van der Waals surface area contributed by atoms with Crippen molar-refractivity contribution >= 4 is 60.9 Å². The monoisotopic (exact) mass is 815 g/mol. The summed E-state index contributed by atoms with van der Waals surface area (Å²) < 4.78 is 13.6. The van der Waals surface area contributed by atoms with E-state index >= 15 is 0 Å². The molecule has 0 unspecified atom stereocenters. The van der Waals surface area contributed by atoms with E-state index in [1.54, 1.807) is 0 Å². The molecule has 3 nitrogen and oxygen atoms in total. The largest absolute Gasteiger partial charge is 0.456 e. The Morgan fingerprint density at radius 3 is 1.50 bits per heavy atom. The highest BCUT2D eigenvalue weighted by Crippen LogP contribution is 2.63. The molecule has 12 aromatic rings. The minimum absolute atomic E-state index is 0.484. The zero-order valence-electron chi connectivity index (χ0n) is 34.6. The Kier molecular flexibility index (Phi) is 7.32. The molecule has 0 bridgehead atoms. The molecule has 10 aromatic carbocycles. The van der Waals surface area contributed by atoms with Crippen LogP contribution in [0.3, 0.4) is 0 Å². The third kappa shape index (κ3) is 4.81. The summed E-state index contributed by atoms with van der Waals surface area (Å²) in [5.74, 6) is 0. The lowest BCUT2D eigenvalue weighted by Crippen LogP contribution is -2.26. The number of anilines is 3. The molecule has 0 N–H and O–H groups in total. The van der Waals surface area contributed by atoms with Crippen LogP contribution in [-0.4, -0.2) is 0 Å². The van der Waals surface area contributed by atoms with Crippen LogP contribution >= 0.6 is 0 Å². The van der Waals surface area contributed by atoms with Crippen LogP contribution in [-0.2, 0) is 5.41 Å². The fourth-order valence-corrected chi connectivity index (χ4v) is 11.2. The fraction of sp³-hybridized carbons (Fsp3) is 0.0164. The van der Waals surface area contributed by atoms with Gasteiger partial charge in [-0.1, -0.05) is 170 Å². The van der Waals surface area contributed by atoms with E-state index in [9.17, 15) is 0 Å². The lowest BCUT2D eigenvalue weighted by atomic mass is 9.70. The van der Waals surface area contributed by atoms with Gasteiger partial charge in [-0.25, -0.2) is 0 Å². The third-order valence-electron chi connectivity index (χ3n) is 13.9. The first-order valence-electron chi connectivity index (χ1n) is 22.0. The second-order valence-electron chi connectivity index (χ2n) is 17.1. The average Bonchev–Trinajstić information content (AvgIpc) is 4.10. The molecule has 0 radical (unpaired) electrons. The van der Waals surface area contributed by atoms with Gasteiger partial charge in [0.1, 0.15) is 16.7 Å². The Morgan fingerprint density at radius 2 is 0.828 bits per heavy atom. The van der Waals surface area contributed by atoms with E-state index in [-0.39, 0.29) is 0 Å². The zero-order chi connectivity index (χ0) is 41.9. The number of para-hydroxylation sites is 2. The molecule has 0 saturated heterocycles. The maximum Gasteiger partial charge on any atom is 0.159 e. The number of hydrogen-bond acceptors (Lipinski definition) is 3. The maximum absolute atomic E-state index is 7.15. The van der Waals surface area contributed by atoms with Gasteiger partial charge in [-0.3, -0.25) is 0 Å². The van der Waals surface area contributed by atoms with Gasteiger partial charge < -0.3 is 13.7 Å². The van der Waals surface area contributed by atoms with Gasteiger partial charge in [0.2, 0.25) is 0 Å². The number of benzene rings is 10. The van der Waals surface area contributed by atoms with Crippen LogP contribution in [0.1, 0.15) is 22.3 Å². The Hall–Kier alpha value is -8.40. The second-order valence-corrected chi connectivity index (χ2v) is 17.1. The molecule has 2 aliphatic carbocycles. The lowest BCUT2D eigenvalue weighted by Gasteiger charge is -2.32. The molecule has 2 heterocycles. The maximum atomic E-state index is 7.15. The van der Waals surface area contributed by atoms with Gasteiger partial charge in [0, 0.05) is 32.9 Å². The molecule has 2 aliphatic rings. The molecular weight excluding hydrogens is 779 g/mol. The Morgan fingerprint density at radius 1 is 0.312 bits per heavy atom. The normalized spacial score (nSPS) is 13.1. The first-order valence-corrected chi connectivity index (χ1v) is 22.0. The van der Waals surface area contributed by atoms with Crippen LogP contribution in [0.15, 0.2) is 233 Å².